The van der Waals surface area contributed by atoms with Crippen molar-refractivity contribution in [3.05, 3.63) is 48.6 Å². The summed E-state index contributed by atoms with van der Waals surface area (Å²) >= 11 is 0. The van der Waals surface area contributed by atoms with Gasteiger partial charge >= 0.3 is 0 Å². The van der Waals surface area contributed by atoms with Gasteiger partial charge in [-0.3, -0.25) is 0 Å². The molecule has 1 radical (unpaired) electrons. The molecule has 0 aromatic rings. The molecule has 1 aliphatic carbocycles. The van der Waals surface area contributed by atoms with Gasteiger partial charge in [-0.25, -0.2) is 0 Å². The highest BCUT2D eigenvalue weighted by Crippen LogP contribution is 2.00. The maximum atomic E-state index is 3.30. The molecule has 0 saturated carbocycles. The quantitative estimate of drug-likeness (QED) is 0.494. The summed E-state index contributed by atoms with van der Waals surface area (Å²) in [5.41, 5.74) is 0. The molecule has 0 heterocycles. The zero-order valence-corrected chi connectivity index (χ0v) is 8.78. The molecule has 0 nitrogen and oxygen atoms in total. The fourth-order valence-corrected chi connectivity index (χ4v) is 1.33. The van der Waals surface area contributed by atoms with Crippen LogP contribution in [-0.4, -0.2) is 0 Å². The Kier molecular flexibility index (Phi) is 6.74. The molecule has 0 spiro atoms. The molecule has 0 bridgehead atoms. The fraction of sp³-hybridized carbons (Fsp3) is 0.429. The van der Waals surface area contributed by atoms with E-state index in [-0.39, 0.29) is 0 Å². The largest absolute Gasteiger partial charge is 0.0882 e. The lowest BCUT2D eigenvalue weighted by Crippen LogP contribution is -1.71. The van der Waals surface area contributed by atoms with Crippen LogP contribution in [0.15, 0.2) is 42.5 Å². The van der Waals surface area contributed by atoms with Gasteiger partial charge in [-0.1, -0.05) is 42.5 Å². The molecule has 14 heavy (non-hydrogen) atoms. The van der Waals surface area contributed by atoms with Crippen molar-refractivity contribution in [1.29, 1.82) is 0 Å². The average molecular weight is 187 g/mol. The first-order chi connectivity index (χ1) is 7.00. The number of rotatable bonds is 0. The van der Waals surface area contributed by atoms with Gasteiger partial charge in [0.1, 0.15) is 0 Å². The molecule has 0 N–H and O–H groups in total. The molecule has 0 saturated heterocycles. The summed E-state index contributed by atoms with van der Waals surface area (Å²) in [5, 5.41) is 0. The lowest BCUT2D eigenvalue weighted by atomic mass is 10.2. The molecule has 0 aromatic heterocycles. The third kappa shape index (κ3) is 6.47. The van der Waals surface area contributed by atoms with Gasteiger partial charge in [-0.15, -0.1) is 0 Å². The molecule has 0 atom stereocenters. The van der Waals surface area contributed by atoms with E-state index in [2.05, 4.69) is 48.6 Å². The van der Waals surface area contributed by atoms with Gasteiger partial charge in [0.25, 0.3) is 0 Å². The molecular weight excluding hydrogens is 168 g/mol. The standard InChI is InChI=1S/C14H19/c1-2-4-6-8-10-12-14-13-11-9-7-5-3-1/h1-4,9,11-12H,5-8,13-14H2. The first-order valence-electron chi connectivity index (χ1n) is 5.52. The van der Waals surface area contributed by atoms with Gasteiger partial charge in [0.05, 0.1) is 0 Å². The van der Waals surface area contributed by atoms with Crippen LogP contribution in [-0.2, 0) is 0 Å². The predicted octanol–water partition coefficient (Wildman–Crippen LogP) is 4.37. The monoisotopic (exact) mass is 187 g/mol. The summed E-state index contributed by atoms with van der Waals surface area (Å²) in [5.74, 6) is 0. The molecule has 0 aliphatic heterocycles. The van der Waals surface area contributed by atoms with Gasteiger partial charge in [0, 0.05) is 0 Å². The molecule has 0 amide bonds. The van der Waals surface area contributed by atoms with Crippen LogP contribution in [0.4, 0.5) is 0 Å². The number of allylic oxidation sites excluding steroid dienone is 8. The Hall–Kier alpha value is -1.04. The third-order valence-corrected chi connectivity index (χ3v) is 2.13. The maximum absolute atomic E-state index is 3.30. The van der Waals surface area contributed by atoms with E-state index in [1.807, 2.05) is 0 Å². The van der Waals surface area contributed by atoms with Gasteiger partial charge in [-0.2, -0.15) is 0 Å². The van der Waals surface area contributed by atoms with E-state index in [9.17, 15) is 0 Å². The molecule has 0 aromatic carbocycles. The van der Waals surface area contributed by atoms with Crippen molar-refractivity contribution in [2.75, 3.05) is 0 Å². The van der Waals surface area contributed by atoms with Crippen LogP contribution >= 0.6 is 0 Å². The topological polar surface area (TPSA) is 0 Å². The summed E-state index contributed by atoms with van der Waals surface area (Å²) in [6, 6.07) is 0. The minimum atomic E-state index is 1.05. The van der Waals surface area contributed by atoms with Crippen molar-refractivity contribution in [2.45, 2.75) is 38.5 Å². The van der Waals surface area contributed by atoms with E-state index >= 15 is 0 Å². The Labute approximate surface area is 87.7 Å². The zero-order valence-electron chi connectivity index (χ0n) is 8.78. The van der Waals surface area contributed by atoms with Crippen LogP contribution in [0.1, 0.15) is 38.5 Å². The Morgan fingerprint density at radius 3 is 2.14 bits per heavy atom. The molecule has 0 unspecified atom stereocenters. The molecule has 75 valence electrons. The average Bonchev–Trinajstić information content (AvgIpc) is 2.22. The second-order valence-corrected chi connectivity index (χ2v) is 3.43. The minimum absolute atomic E-state index is 1.05. The van der Waals surface area contributed by atoms with E-state index in [0.29, 0.717) is 0 Å². The van der Waals surface area contributed by atoms with Crippen LogP contribution in [0.2, 0.25) is 0 Å². The number of hydrogen-bond acceptors (Lipinski definition) is 0. The smallest absolute Gasteiger partial charge is 0.0245 e. The van der Waals surface area contributed by atoms with E-state index < -0.39 is 0 Å². The fourth-order valence-electron chi connectivity index (χ4n) is 1.33. The predicted molar refractivity (Wildman–Crippen MR) is 62.9 cm³/mol. The third-order valence-electron chi connectivity index (χ3n) is 2.13. The highest BCUT2D eigenvalue weighted by Gasteiger charge is 1.81. The second-order valence-electron chi connectivity index (χ2n) is 3.43. The van der Waals surface area contributed by atoms with E-state index in [0.717, 1.165) is 38.5 Å². The summed E-state index contributed by atoms with van der Waals surface area (Å²) in [4.78, 5) is 0. The van der Waals surface area contributed by atoms with Crippen LogP contribution in [0.3, 0.4) is 0 Å². The number of hydrogen-bond donors (Lipinski definition) is 0. The second kappa shape index (κ2) is 8.55. The first-order valence-corrected chi connectivity index (χ1v) is 5.52. The SMILES string of the molecule is [C]1=CCCC=CCCC=CC=CCC1. The van der Waals surface area contributed by atoms with Crippen LogP contribution in [0.5, 0.6) is 0 Å². The summed E-state index contributed by atoms with van der Waals surface area (Å²) < 4.78 is 0. The summed E-state index contributed by atoms with van der Waals surface area (Å²) in [6.07, 6.45) is 25.5. The summed E-state index contributed by atoms with van der Waals surface area (Å²) in [6.45, 7) is 0. The van der Waals surface area contributed by atoms with Crippen molar-refractivity contribution in [3.63, 3.8) is 0 Å². The zero-order chi connectivity index (χ0) is 9.90. The lowest BCUT2D eigenvalue weighted by Gasteiger charge is -1.90. The van der Waals surface area contributed by atoms with E-state index in [1.54, 1.807) is 0 Å². The first kappa shape index (κ1) is 11.0. The maximum Gasteiger partial charge on any atom is -0.0245 e. The van der Waals surface area contributed by atoms with Gasteiger partial charge in [0.2, 0.25) is 0 Å². The molecule has 0 heteroatoms. The van der Waals surface area contributed by atoms with Crippen molar-refractivity contribution in [2.24, 2.45) is 0 Å². The van der Waals surface area contributed by atoms with Crippen molar-refractivity contribution in [1.82, 2.24) is 0 Å². The van der Waals surface area contributed by atoms with Crippen LogP contribution < -0.4 is 0 Å². The van der Waals surface area contributed by atoms with Crippen LogP contribution in [0.25, 0.3) is 0 Å². The van der Waals surface area contributed by atoms with Gasteiger partial charge in [-0.05, 0) is 44.6 Å². The highest BCUT2D eigenvalue weighted by atomic mass is 13.9. The Balaban J connectivity index is 2.34. The molecule has 1 aliphatic rings. The molecule has 1 rings (SSSR count). The normalized spacial score (nSPS) is 19.4. The van der Waals surface area contributed by atoms with Crippen molar-refractivity contribution in [3.8, 4) is 0 Å². The Morgan fingerprint density at radius 1 is 0.643 bits per heavy atom. The van der Waals surface area contributed by atoms with Crippen LogP contribution in [0, 0.1) is 6.08 Å². The summed E-state index contributed by atoms with van der Waals surface area (Å²) in [7, 11) is 0. The van der Waals surface area contributed by atoms with Crippen molar-refractivity contribution < 1.29 is 0 Å². The minimum Gasteiger partial charge on any atom is -0.0882 e. The van der Waals surface area contributed by atoms with Gasteiger partial charge < -0.3 is 0 Å². The van der Waals surface area contributed by atoms with Gasteiger partial charge in [0.15, 0.2) is 0 Å². The Bertz CT molecular complexity index is 202. The van der Waals surface area contributed by atoms with E-state index in [4.69, 9.17) is 0 Å². The molecule has 0 fully saturated rings. The molecular formula is C14H19. The van der Waals surface area contributed by atoms with E-state index in [1.165, 1.54) is 0 Å². The lowest BCUT2D eigenvalue weighted by molar-refractivity contribution is 0.970. The Morgan fingerprint density at radius 2 is 1.29 bits per heavy atom. The highest BCUT2D eigenvalue weighted by molar-refractivity contribution is 5.03. The van der Waals surface area contributed by atoms with Crippen molar-refractivity contribution >= 4 is 0 Å².